The van der Waals surface area contributed by atoms with E-state index in [0.29, 0.717) is 0 Å². The average molecular weight is 278 g/mol. The Balaban J connectivity index is 3.62. The first-order valence-corrected chi connectivity index (χ1v) is 10.4. The molecule has 0 bridgehead atoms. The van der Waals surface area contributed by atoms with Gasteiger partial charge < -0.3 is 9.33 Å². The summed E-state index contributed by atoms with van der Waals surface area (Å²) in [5.74, 6) is 2.41. The summed E-state index contributed by atoms with van der Waals surface area (Å²) in [6.07, 6.45) is 1.20. The Morgan fingerprint density at radius 1 is 1.41 bits per heavy atom. The van der Waals surface area contributed by atoms with Crippen molar-refractivity contribution in [3.05, 3.63) is 0 Å². The second kappa shape index (κ2) is 8.16. The van der Waals surface area contributed by atoms with Gasteiger partial charge in [0.25, 0.3) is 0 Å². The fraction of sp³-hybridized carbons (Fsp3) is 0.917. The molecule has 0 aromatic rings. The van der Waals surface area contributed by atoms with Crippen molar-refractivity contribution in [2.45, 2.75) is 32.5 Å². The summed E-state index contributed by atoms with van der Waals surface area (Å²) < 4.78 is 5.50. The highest BCUT2D eigenvalue weighted by Crippen LogP contribution is 2.17. The molecule has 0 aliphatic heterocycles. The normalized spacial score (nSPS) is 13.5. The van der Waals surface area contributed by atoms with E-state index in [2.05, 4.69) is 13.1 Å². The summed E-state index contributed by atoms with van der Waals surface area (Å²) in [5, 5.41) is 0. The van der Waals surface area contributed by atoms with Crippen LogP contribution >= 0.6 is 11.8 Å². The van der Waals surface area contributed by atoms with Gasteiger partial charge in [-0.25, -0.2) is 0 Å². The van der Waals surface area contributed by atoms with Gasteiger partial charge in [0.15, 0.2) is 8.32 Å². The Kier molecular flexibility index (Phi) is 8.16. The number of hydrogen-bond donors (Lipinski definition) is 0. The first-order chi connectivity index (χ1) is 7.80. The first-order valence-electron chi connectivity index (χ1n) is 6.14. The predicted octanol–water partition coefficient (Wildman–Crippen LogP) is 2.69. The molecule has 0 aliphatic rings. The Labute approximate surface area is 111 Å². The van der Waals surface area contributed by atoms with Crippen molar-refractivity contribution in [2.75, 3.05) is 32.7 Å². The highest BCUT2D eigenvalue weighted by molar-refractivity contribution is 7.99. The number of carbonyl (C=O) groups excluding carboxylic acids is 1. The number of carbonyl (C=O) groups is 1. The third kappa shape index (κ3) is 7.84. The van der Waals surface area contributed by atoms with E-state index in [-0.39, 0.29) is 11.8 Å². The van der Waals surface area contributed by atoms with Gasteiger partial charge in [-0.2, -0.15) is 11.8 Å². The largest absolute Gasteiger partial charge is 0.420 e. The molecule has 3 nitrogen and oxygen atoms in total. The summed E-state index contributed by atoms with van der Waals surface area (Å²) >= 11 is 1.88. The van der Waals surface area contributed by atoms with Crippen LogP contribution in [0, 0.1) is 5.92 Å². The number of nitrogens with zero attached hydrogens (tertiary/aromatic N) is 1. The molecule has 1 unspecified atom stereocenters. The smallest absolute Gasteiger partial charge is 0.225 e. The summed E-state index contributed by atoms with van der Waals surface area (Å²) in [4.78, 5) is 13.3. The number of amides is 1. The lowest BCUT2D eigenvalue weighted by molar-refractivity contribution is -0.131. The topological polar surface area (TPSA) is 29.5 Å². The van der Waals surface area contributed by atoms with Crippen LogP contribution in [0.2, 0.25) is 19.1 Å². The maximum Gasteiger partial charge on any atom is 0.225 e. The van der Waals surface area contributed by atoms with Gasteiger partial charge in [-0.05, 0) is 31.3 Å². The Hall–Kier alpha value is -0.00312. The van der Waals surface area contributed by atoms with Gasteiger partial charge in [0.05, 0.1) is 0 Å². The van der Waals surface area contributed by atoms with Crippen molar-refractivity contribution in [2.24, 2.45) is 5.92 Å². The van der Waals surface area contributed by atoms with E-state index in [1.807, 2.05) is 39.9 Å². The van der Waals surface area contributed by atoms with E-state index in [1.54, 1.807) is 4.90 Å². The van der Waals surface area contributed by atoms with Crippen molar-refractivity contribution < 1.29 is 9.22 Å². The Morgan fingerprint density at radius 3 is 2.47 bits per heavy atom. The Morgan fingerprint density at radius 2 is 2.00 bits per heavy atom. The van der Waals surface area contributed by atoms with E-state index in [4.69, 9.17) is 4.43 Å². The molecule has 0 heterocycles. The third-order valence-electron chi connectivity index (χ3n) is 2.85. The van der Waals surface area contributed by atoms with Gasteiger partial charge in [-0.1, -0.05) is 6.92 Å². The maximum absolute atomic E-state index is 11.6. The fourth-order valence-corrected chi connectivity index (χ4v) is 3.97. The van der Waals surface area contributed by atoms with Crippen LogP contribution < -0.4 is 0 Å². The van der Waals surface area contributed by atoms with Crippen molar-refractivity contribution in [1.29, 1.82) is 0 Å². The summed E-state index contributed by atoms with van der Waals surface area (Å²) in [5.41, 5.74) is 0. The highest BCUT2D eigenvalue weighted by Gasteiger charge is 2.19. The van der Waals surface area contributed by atoms with Crippen molar-refractivity contribution in [1.82, 2.24) is 4.90 Å². The minimum atomic E-state index is -1.38. The summed E-state index contributed by atoms with van der Waals surface area (Å²) in [7, 11) is 4.07. The summed E-state index contributed by atoms with van der Waals surface area (Å²) in [6, 6.07) is 1.20. The second-order valence-corrected chi connectivity index (χ2v) is 10.9. The molecule has 0 aromatic carbocycles. The van der Waals surface area contributed by atoms with Crippen molar-refractivity contribution in [3.63, 3.8) is 0 Å². The molecule has 0 N–H and O–H groups in total. The van der Waals surface area contributed by atoms with E-state index in [1.165, 1.54) is 12.5 Å². The molecule has 0 saturated carbocycles. The number of rotatable bonds is 8. The zero-order chi connectivity index (χ0) is 13.5. The quantitative estimate of drug-likeness (QED) is 0.505. The molecular formula is C12H27NO2SSi. The van der Waals surface area contributed by atoms with Crippen LogP contribution in [0.3, 0.4) is 0 Å². The average Bonchev–Trinajstić information content (AvgIpc) is 2.27. The predicted molar refractivity (Wildman–Crippen MR) is 79.1 cm³/mol. The van der Waals surface area contributed by atoms with Gasteiger partial charge in [0.2, 0.25) is 5.91 Å². The van der Waals surface area contributed by atoms with Crippen molar-refractivity contribution >= 4 is 26.0 Å². The van der Waals surface area contributed by atoms with Crippen LogP contribution in [-0.2, 0) is 9.22 Å². The molecule has 0 spiro atoms. The van der Waals surface area contributed by atoms with Crippen LogP contribution in [0.1, 0.15) is 13.3 Å². The molecule has 1 atom stereocenters. The molecule has 0 saturated heterocycles. The number of hydrogen-bond acceptors (Lipinski definition) is 3. The van der Waals surface area contributed by atoms with Crippen LogP contribution in [0.25, 0.3) is 0 Å². The van der Waals surface area contributed by atoms with Crippen LogP contribution in [0.5, 0.6) is 0 Å². The van der Waals surface area contributed by atoms with Gasteiger partial charge in [-0.3, -0.25) is 4.79 Å². The molecular weight excluding hydrogens is 250 g/mol. The SMILES string of the molecule is CO[Si](C)(C)CCCSCC(C)C(=O)N(C)C. The van der Waals surface area contributed by atoms with Gasteiger partial charge in [0, 0.05) is 32.9 Å². The van der Waals surface area contributed by atoms with Gasteiger partial charge >= 0.3 is 0 Å². The van der Waals surface area contributed by atoms with Crippen LogP contribution in [-0.4, -0.2) is 51.8 Å². The Bertz CT molecular complexity index is 235. The lowest BCUT2D eigenvalue weighted by Crippen LogP contribution is -2.29. The van der Waals surface area contributed by atoms with Gasteiger partial charge in [0.1, 0.15) is 0 Å². The zero-order valence-corrected chi connectivity index (χ0v) is 13.9. The fourth-order valence-electron chi connectivity index (χ4n) is 1.47. The lowest BCUT2D eigenvalue weighted by Gasteiger charge is -2.20. The number of thioether (sulfide) groups is 1. The van der Waals surface area contributed by atoms with Gasteiger partial charge in [-0.15, -0.1) is 0 Å². The van der Waals surface area contributed by atoms with E-state index < -0.39 is 8.32 Å². The molecule has 0 aromatic heterocycles. The molecule has 1 amide bonds. The summed E-state index contributed by atoms with van der Waals surface area (Å²) in [6.45, 7) is 6.49. The molecule has 0 fully saturated rings. The minimum Gasteiger partial charge on any atom is -0.420 e. The van der Waals surface area contributed by atoms with Crippen LogP contribution in [0.15, 0.2) is 0 Å². The van der Waals surface area contributed by atoms with Crippen LogP contribution in [0.4, 0.5) is 0 Å². The van der Waals surface area contributed by atoms with E-state index >= 15 is 0 Å². The van der Waals surface area contributed by atoms with E-state index in [9.17, 15) is 4.79 Å². The molecule has 5 heteroatoms. The van der Waals surface area contributed by atoms with E-state index in [0.717, 1.165) is 11.5 Å². The molecule has 0 radical (unpaired) electrons. The highest BCUT2D eigenvalue weighted by atomic mass is 32.2. The second-order valence-electron chi connectivity index (χ2n) is 5.28. The molecule has 0 rings (SSSR count). The minimum absolute atomic E-state index is 0.127. The molecule has 0 aliphatic carbocycles. The lowest BCUT2D eigenvalue weighted by atomic mass is 10.2. The zero-order valence-electron chi connectivity index (χ0n) is 12.1. The standard InChI is InChI=1S/C12H27NO2SSi/c1-11(12(14)13(2)3)10-16-8-7-9-17(5,6)15-4/h11H,7-10H2,1-6H3. The van der Waals surface area contributed by atoms with Crippen molar-refractivity contribution in [3.8, 4) is 0 Å². The monoisotopic (exact) mass is 277 g/mol. The molecule has 102 valence electrons. The first kappa shape index (κ1) is 17.0. The molecule has 17 heavy (non-hydrogen) atoms. The maximum atomic E-state index is 11.6. The third-order valence-corrected chi connectivity index (χ3v) is 6.83.